The topological polar surface area (TPSA) is 0 Å². The van der Waals surface area contributed by atoms with E-state index in [1.165, 1.54) is 32.1 Å². The van der Waals surface area contributed by atoms with Crippen LogP contribution in [0.3, 0.4) is 0 Å². The number of hydrogen-bond donors (Lipinski definition) is 0. The first-order valence-corrected chi connectivity index (χ1v) is 7.79. The van der Waals surface area contributed by atoms with Gasteiger partial charge in [0.1, 0.15) is 0 Å². The molecule has 0 aliphatic rings. The van der Waals surface area contributed by atoms with Crippen LogP contribution in [0, 0.1) is 22.2 Å². The Balaban J connectivity index is 4.31. The van der Waals surface area contributed by atoms with Gasteiger partial charge in [-0.1, -0.05) is 75.2 Å². The van der Waals surface area contributed by atoms with Gasteiger partial charge >= 0.3 is 0 Å². The first-order chi connectivity index (χ1) is 7.79. The first-order valence-electron chi connectivity index (χ1n) is 7.79. The van der Waals surface area contributed by atoms with Crippen LogP contribution in [0.15, 0.2) is 0 Å². The van der Waals surface area contributed by atoms with Crippen molar-refractivity contribution in [3.8, 4) is 0 Å². The summed E-state index contributed by atoms with van der Waals surface area (Å²) < 4.78 is 0. The van der Waals surface area contributed by atoms with Gasteiger partial charge in [-0.15, -0.1) is 0 Å². The fourth-order valence-corrected chi connectivity index (χ4v) is 2.93. The van der Waals surface area contributed by atoms with Gasteiger partial charge in [0, 0.05) is 0 Å². The van der Waals surface area contributed by atoms with Gasteiger partial charge in [-0.25, -0.2) is 0 Å². The predicted octanol–water partition coefficient (Wildman–Crippen LogP) is 6.69. The van der Waals surface area contributed by atoms with Gasteiger partial charge in [-0.3, -0.25) is 0 Å². The molecular formula is C18H38. The molecule has 0 rings (SSSR count). The second-order valence-electron chi connectivity index (χ2n) is 9.85. The van der Waals surface area contributed by atoms with E-state index in [4.69, 9.17) is 0 Å². The molecule has 0 fully saturated rings. The summed E-state index contributed by atoms with van der Waals surface area (Å²) >= 11 is 0. The summed E-state index contributed by atoms with van der Waals surface area (Å²) in [6, 6.07) is 0. The van der Waals surface area contributed by atoms with E-state index in [0.29, 0.717) is 16.2 Å². The molecule has 0 saturated heterocycles. The van der Waals surface area contributed by atoms with E-state index in [1.54, 1.807) is 0 Å². The molecule has 0 heteroatoms. The maximum Gasteiger partial charge on any atom is -0.0380 e. The van der Waals surface area contributed by atoms with E-state index < -0.39 is 0 Å². The van der Waals surface area contributed by atoms with Gasteiger partial charge in [0.05, 0.1) is 0 Å². The molecule has 0 aliphatic heterocycles. The minimum absolute atomic E-state index is 0.470. The number of hydrogen-bond acceptors (Lipinski definition) is 0. The van der Waals surface area contributed by atoms with Crippen LogP contribution in [0.5, 0.6) is 0 Å². The highest BCUT2D eigenvalue weighted by Crippen LogP contribution is 2.36. The van der Waals surface area contributed by atoms with Crippen molar-refractivity contribution < 1.29 is 0 Å². The van der Waals surface area contributed by atoms with E-state index in [2.05, 4.69) is 62.3 Å². The van der Waals surface area contributed by atoms with Crippen LogP contribution in [0.25, 0.3) is 0 Å². The Morgan fingerprint density at radius 1 is 0.611 bits per heavy atom. The van der Waals surface area contributed by atoms with Crippen molar-refractivity contribution in [2.45, 2.75) is 94.4 Å². The Morgan fingerprint density at radius 3 is 1.28 bits per heavy atom. The quantitative estimate of drug-likeness (QED) is 0.512. The third-order valence-corrected chi connectivity index (χ3v) is 3.34. The monoisotopic (exact) mass is 254 g/mol. The lowest BCUT2D eigenvalue weighted by Crippen LogP contribution is -2.19. The molecule has 0 aliphatic carbocycles. The summed E-state index contributed by atoms with van der Waals surface area (Å²) in [6.45, 7) is 21.4. The average molecular weight is 255 g/mol. The van der Waals surface area contributed by atoms with Gasteiger partial charge in [-0.05, 0) is 41.4 Å². The van der Waals surface area contributed by atoms with Crippen LogP contribution in [0.1, 0.15) is 94.4 Å². The van der Waals surface area contributed by atoms with Crippen molar-refractivity contribution in [1.29, 1.82) is 0 Å². The van der Waals surface area contributed by atoms with Crippen LogP contribution in [0.4, 0.5) is 0 Å². The lowest BCUT2D eigenvalue weighted by Gasteiger charge is -2.32. The van der Waals surface area contributed by atoms with Gasteiger partial charge in [0.25, 0.3) is 0 Å². The maximum atomic E-state index is 2.38. The fraction of sp³-hybridized carbons (Fsp3) is 1.00. The van der Waals surface area contributed by atoms with Crippen LogP contribution in [0.2, 0.25) is 0 Å². The van der Waals surface area contributed by atoms with Crippen molar-refractivity contribution in [2.24, 2.45) is 22.2 Å². The van der Waals surface area contributed by atoms with Crippen molar-refractivity contribution in [1.82, 2.24) is 0 Å². The van der Waals surface area contributed by atoms with Crippen LogP contribution >= 0.6 is 0 Å². The lowest BCUT2D eigenvalue weighted by molar-refractivity contribution is 0.200. The summed E-state index contributed by atoms with van der Waals surface area (Å²) in [5.74, 6) is 0.896. The van der Waals surface area contributed by atoms with Gasteiger partial charge in [0.15, 0.2) is 0 Å². The zero-order valence-electron chi connectivity index (χ0n) is 14.6. The molecule has 0 atom stereocenters. The molecule has 0 aromatic carbocycles. The van der Waals surface area contributed by atoms with E-state index in [0.717, 1.165) is 5.92 Å². The Hall–Kier alpha value is 0. The number of rotatable bonds is 5. The molecule has 0 bridgehead atoms. The average Bonchev–Trinajstić information content (AvgIpc) is 1.93. The Labute approximate surface area is 117 Å². The Bertz CT molecular complexity index is 200. The Morgan fingerprint density at radius 2 is 1.00 bits per heavy atom. The third kappa shape index (κ3) is 12.5. The Kier molecular flexibility index (Phi) is 6.44. The van der Waals surface area contributed by atoms with Crippen LogP contribution in [-0.4, -0.2) is 0 Å². The fourth-order valence-electron chi connectivity index (χ4n) is 2.93. The van der Waals surface area contributed by atoms with Crippen molar-refractivity contribution >= 4 is 0 Å². The van der Waals surface area contributed by atoms with E-state index in [1.807, 2.05) is 0 Å². The van der Waals surface area contributed by atoms with Crippen molar-refractivity contribution in [3.05, 3.63) is 0 Å². The molecule has 0 unspecified atom stereocenters. The zero-order chi connectivity index (χ0) is 14.6. The van der Waals surface area contributed by atoms with Gasteiger partial charge < -0.3 is 0 Å². The molecule has 0 aromatic heterocycles. The summed E-state index contributed by atoms with van der Waals surface area (Å²) in [5.41, 5.74) is 1.43. The minimum atomic E-state index is 0.470. The van der Waals surface area contributed by atoms with Crippen LogP contribution < -0.4 is 0 Å². The molecule has 0 N–H and O–H groups in total. The van der Waals surface area contributed by atoms with Gasteiger partial charge in [-0.2, -0.15) is 0 Å². The third-order valence-electron chi connectivity index (χ3n) is 3.34. The lowest BCUT2D eigenvalue weighted by atomic mass is 9.74. The summed E-state index contributed by atoms with van der Waals surface area (Å²) in [7, 11) is 0. The standard InChI is InChI=1S/C18H38/c1-16(2,3)12-10-11-15(13-17(4,5)6)14-18(7,8)9/h15H,10-14H2,1-9H3. The highest BCUT2D eigenvalue weighted by atomic mass is 14.3. The molecule has 0 spiro atoms. The van der Waals surface area contributed by atoms with Crippen molar-refractivity contribution in [2.75, 3.05) is 0 Å². The molecule has 0 saturated carbocycles. The SMILES string of the molecule is CC(C)(C)CCCC(CC(C)(C)C)CC(C)(C)C. The van der Waals surface area contributed by atoms with Crippen LogP contribution in [-0.2, 0) is 0 Å². The minimum Gasteiger partial charge on any atom is -0.0602 e. The maximum absolute atomic E-state index is 2.38. The normalized spacial score (nSPS) is 14.3. The highest BCUT2D eigenvalue weighted by molar-refractivity contribution is 4.75. The molecule has 110 valence electrons. The molecule has 18 heavy (non-hydrogen) atoms. The summed E-state index contributed by atoms with van der Waals surface area (Å²) in [6.07, 6.45) is 6.90. The van der Waals surface area contributed by atoms with Crippen molar-refractivity contribution in [3.63, 3.8) is 0 Å². The van der Waals surface area contributed by atoms with E-state index in [9.17, 15) is 0 Å². The molecule has 0 aromatic rings. The molecule has 0 heterocycles. The molecule has 0 nitrogen and oxygen atoms in total. The molecule has 0 amide bonds. The molecular weight excluding hydrogens is 216 g/mol. The zero-order valence-corrected chi connectivity index (χ0v) is 14.6. The summed E-state index contributed by atoms with van der Waals surface area (Å²) in [5, 5.41) is 0. The van der Waals surface area contributed by atoms with E-state index in [-0.39, 0.29) is 0 Å². The smallest absolute Gasteiger partial charge is 0.0380 e. The molecule has 0 radical (unpaired) electrons. The summed E-state index contributed by atoms with van der Waals surface area (Å²) in [4.78, 5) is 0. The second-order valence-corrected chi connectivity index (χ2v) is 9.85. The van der Waals surface area contributed by atoms with E-state index >= 15 is 0 Å². The van der Waals surface area contributed by atoms with Gasteiger partial charge in [0.2, 0.25) is 0 Å². The highest BCUT2D eigenvalue weighted by Gasteiger charge is 2.24. The largest absolute Gasteiger partial charge is 0.0602 e. The second kappa shape index (κ2) is 6.44. The first kappa shape index (κ1) is 18.0. The predicted molar refractivity (Wildman–Crippen MR) is 84.9 cm³/mol.